The Balaban J connectivity index is 1.29. The molecule has 0 bridgehead atoms. The molecule has 0 spiro atoms. The van der Waals surface area contributed by atoms with Gasteiger partial charge in [-0.25, -0.2) is 0 Å². The van der Waals surface area contributed by atoms with Gasteiger partial charge in [-0.15, -0.1) is 0 Å². The van der Waals surface area contributed by atoms with Gasteiger partial charge in [-0.1, -0.05) is 157 Å². The molecule has 2 unspecified atom stereocenters. The highest BCUT2D eigenvalue weighted by Crippen LogP contribution is 2.37. The van der Waals surface area contributed by atoms with Crippen LogP contribution in [0, 0.1) is 17.8 Å². The van der Waals surface area contributed by atoms with Crippen molar-refractivity contribution in [1.82, 2.24) is 0 Å². The minimum atomic E-state index is 1.09. The van der Waals surface area contributed by atoms with Gasteiger partial charge in [0.05, 0.1) is 0 Å². The Morgan fingerprint density at radius 1 is 0.414 bits per heavy atom. The Bertz CT molecular complexity index is 346. The van der Waals surface area contributed by atoms with E-state index < -0.39 is 0 Å². The molecule has 2 aliphatic rings. The Labute approximate surface area is 192 Å². The highest BCUT2D eigenvalue weighted by Gasteiger charge is 2.23. The van der Waals surface area contributed by atoms with Crippen LogP contribution in [0.2, 0.25) is 0 Å². The van der Waals surface area contributed by atoms with Crippen LogP contribution in [0.1, 0.15) is 154 Å². The molecule has 0 N–H and O–H groups in total. The first-order valence-electron chi connectivity index (χ1n) is 13.9. The van der Waals surface area contributed by atoms with Crippen molar-refractivity contribution < 1.29 is 0 Å². The molecule has 0 aromatic carbocycles. The molecule has 2 rings (SSSR count). The first kappa shape index (κ1) is 25.7. The number of hydrogen-bond donors (Lipinski definition) is 0. The molecule has 1 heteroatoms. The van der Waals surface area contributed by atoms with Crippen LogP contribution in [0.4, 0.5) is 0 Å². The zero-order chi connectivity index (χ0) is 20.4. The van der Waals surface area contributed by atoms with Gasteiger partial charge in [0.15, 0.2) is 0 Å². The van der Waals surface area contributed by atoms with Gasteiger partial charge < -0.3 is 0 Å². The quantitative estimate of drug-likeness (QED) is 0.130. The van der Waals surface area contributed by atoms with Crippen molar-refractivity contribution in [3.63, 3.8) is 0 Å². The molecule has 0 radical (unpaired) electrons. The second kappa shape index (κ2) is 18.1. The maximum atomic E-state index is 3.53. The highest BCUT2D eigenvalue weighted by molar-refractivity contribution is 9.09. The molecule has 172 valence electrons. The number of rotatable bonds is 19. The summed E-state index contributed by atoms with van der Waals surface area (Å²) in [6.45, 7) is 0. The largest absolute Gasteiger partial charge is 0.0928 e. The van der Waals surface area contributed by atoms with Crippen molar-refractivity contribution in [2.75, 3.05) is 5.33 Å². The van der Waals surface area contributed by atoms with Gasteiger partial charge >= 0.3 is 0 Å². The standard InChI is InChI=1S/C28H53Br/c29-24-16-10-6-2-5-9-13-21-28-23-22-27(25-28)20-12-8-4-1-3-7-11-17-26-18-14-15-19-26/h26-28H,1-25H2. The normalized spacial score (nSPS) is 22.7. The van der Waals surface area contributed by atoms with Crippen LogP contribution in [-0.2, 0) is 0 Å². The van der Waals surface area contributed by atoms with E-state index in [0.717, 1.165) is 17.8 Å². The zero-order valence-corrected chi connectivity index (χ0v) is 21.4. The van der Waals surface area contributed by atoms with Crippen molar-refractivity contribution in [2.24, 2.45) is 17.8 Å². The van der Waals surface area contributed by atoms with Crippen LogP contribution in [0.15, 0.2) is 0 Å². The van der Waals surface area contributed by atoms with E-state index in [1.54, 1.807) is 51.4 Å². The number of halogens is 1. The summed E-state index contributed by atoms with van der Waals surface area (Å²) < 4.78 is 0. The van der Waals surface area contributed by atoms with E-state index in [1.807, 2.05) is 0 Å². The van der Waals surface area contributed by atoms with Crippen LogP contribution in [-0.4, -0.2) is 5.33 Å². The number of alkyl halides is 1. The lowest BCUT2D eigenvalue weighted by Crippen LogP contribution is -1.97. The van der Waals surface area contributed by atoms with E-state index in [4.69, 9.17) is 0 Å². The Morgan fingerprint density at radius 2 is 0.793 bits per heavy atom. The van der Waals surface area contributed by atoms with E-state index in [1.165, 1.54) is 108 Å². The average molecular weight is 470 g/mol. The third-order valence-corrected chi connectivity index (χ3v) is 8.66. The lowest BCUT2D eigenvalue weighted by molar-refractivity contribution is 0.413. The van der Waals surface area contributed by atoms with Gasteiger partial charge in [-0.05, 0) is 30.6 Å². The molecule has 2 atom stereocenters. The zero-order valence-electron chi connectivity index (χ0n) is 19.8. The lowest BCUT2D eigenvalue weighted by Gasteiger charge is -2.11. The fraction of sp³-hybridized carbons (Fsp3) is 1.00. The van der Waals surface area contributed by atoms with Gasteiger partial charge in [-0.3, -0.25) is 0 Å². The molecular weight excluding hydrogens is 416 g/mol. The fourth-order valence-electron chi connectivity index (χ4n) is 6.16. The Hall–Kier alpha value is 0.480. The monoisotopic (exact) mass is 468 g/mol. The predicted molar refractivity (Wildman–Crippen MR) is 135 cm³/mol. The van der Waals surface area contributed by atoms with Gasteiger partial charge in [-0.2, -0.15) is 0 Å². The highest BCUT2D eigenvalue weighted by atomic mass is 79.9. The van der Waals surface area contributed by atoms with Gasteiger partial charge in [0.2, 0.25) is 0 Å². The van der Waals surface area contributed by atoms with Crippen LogP contribution >= 0.6 is 15.9 Å². The van der Waals surface area contributed by atoms with Crippen molar-refractivity contribution in [3.05, 3.63) is 0 Å². The lowest BCUT2D eigenvalue weighted by atomic mass is 9.94. The number of hydrogen-bond acceptors (Lipinski definition) is 0. The first-order valence-corrected chi connectivity index (χ1v) is 15.1. The van der Waals surface area contributed by atoms with Gasteiger partial charge in [0, 0.05) is 5.33 Å². The molecule has 0 heterocycles. The summed E-state index contributed by atoms with van der Waals surface area (Å²) in [6.07, 6.45) is 36.2. The molecule has 29 heavy (non-hydrogen) atoms. The molecule has 0 aromatic rings. The van der Waals surface area contributed by atoms with Crippen LogP contribution in [0.25, 0.3) is 0 Å². The molecule has 2 saturated carbocycles. The number of unbranched alkanes of at least 4 members (excludes halogenated alkanes) is 12. The minimum absolute atomic E-state index is 1.09. The van der Waals surface area contributed by atoms with E-state index >= 15 is 0 Å². The fourth-order valence-corrected chi connectivity index (χ4v) is 6.56. The van der Waals surface area contributed by atoms with Crippen molar-refractivity contribution in [2.45, 2.75) is 154 Å². The summed E-state index contributed by atoms with van der Waals surface area (Å²) in [5.41, 5.74) is 0. The Morgan fingerprint density at radius 3 is 1.24 bits per heavy atom. The van der Waals surface area contributed by atoms with Gasteiger partial charge in [0.1, 0.15) is 0 Å². The molecule has 0 aromatic heterocycles. The van der Waals surface area contributed by atoms with Crippen molar-refractivity contribution in [3.8, 4) is 0 Å². The van der Waals surface area contributed by atoms with E-state index in [0.29, 0.717) is 0 Å². The van der Waals surface area contributed by atoms with Gasteiger partial charge in [0.25, 0.3) is 0 Å². The van der Waals surface area contributed by atoms with E-state index in [9.17, 15) is 0 Å². The summed E-state index contributed by atoms with van der Waals surface area (Å²) in [5, 5.41) is 1.19. The first-order chi connectivity index (χ1) is 14.4. The topological polar surface area (TPSA) is 0 Å². The van der Waals surface area contributed by atoms with Crippen molar-refractivity contribution in [1.29, 1.82) is 0 Å². The SMILES string of the molecule is BrCCCCCCCCCC1CCC(CCCCCCCCCC2CCCC2)C1. The Kier molecular flexibility index (Phi) is 16.1. The molecule has 0 nitrogen and oxygen atoms in total. The summed E-state index contributed by atoms with van der Waals surface area (Å²) in [7, 11) is 0. The van der Waals surface area contributed by atoms with E-state index in [2.05, 4.69) is 15.9 Å². The van der Waals surface area contributed by atoms with Crippen LogP contribution < -0.4 is 0 Å². The summed E-state index contributed by atoms with van der Waals surface area (Å²) in [6, 6.07) is 0. The third-order valence-electron chi connectivity index (χ3n) is 8.10. The maximum absolute atomic E-state index is 3.53. The summed E-state index contributed by atoms with van der Waals surface area (Å²) in [4.78, 5) is 0. The minimum Gasteiger partial charge on any atom is -0.0928 e. The molecular formula is C28H53Br. The van der Waals surface area contributed by atoms with Crippen LogP contribution in [0.3, 0.4) is 0 Å². The average Bonchev–Trinajstić information content (AvgIpc) is 3.41. The molecule has 0 aliphatic heterocycles. The summed E-state index contributed by atoms with van der Waals surface area (Å²) >= 11 is 3.53. The second-order valence-electron chi connectivity index (χ2n) is 10.7. The smallest absolute Gasteiger partial charge is 0.00313 e. The van der Waals surface area contributed by atoms with Crippen LogP contribution in [0.5, 0.6) is 0 Å². The summed E-state index contributed by atoms with van der Waals surface area (Å²) in [5.74, 6) is 3.29. The molecule has 2 fully saturated rings. The third kappa shape index (κ3) is 13.5. The molecule has 0 saturated heterocycles. The predicted octanol–water partition coefficient (Wildman–Crippen LogP) is 10.6. The van der Waals surface area contributed by atoms with Crippen molar-refractivity contribution >= 4 is 15.9 Å². The van der Waals surface area contributed by atoms with E-state index in [-0.39, 0.29) is 0 Å². The molecule has 2 aliphatic carbocycles. The second-order valence-corrected chi connectivity index (χ2v) is 11.5. The molecule has 0 amide bonds. The maximum Gasteiger partial charge on any atom is 0.00313 e.